The van der Waals surface area contributed by atoms with Crippen molar-refractivity contribution in [1.29, 1.82) is 0 Å². The number of fused-ring (bicyclic) bond motifs is 1. The van der Waals surface area contributed by atoms with E-state index in [0.29, 0.717) is 58.6 Å². The predicted molar refractivity (Wildman–Crippen MR) is 261 cm³/mol. The van der Waals surface area contributed by atoms with E-state index in [4.69, 9.17) is 35.2 Å². The summed E-state index contributed by atoms with van der Waals surface area (Å²) >= 11 is 1.95. The topological polar surface area (TPSA) is 203 Å². The molecule has 5 N–H and O–H groups in total. The Labute approximate surface area is 406 Å². The molecule has 6 aromatic rings. The molecule has 4 amide bonds. The lowest BCUT2D eigenvalue weighted by atomic mass is 9.91. The van der Waals surface area contributed by atoms with Crippen molar-refractivity contribution < 1.29 is 52.7 Å². The van der Waals surface area contributed by atoms with Crippen LogP contribution in [0.1, 0.15) is 35.6 Å². The number of benzene rings is 5. The van der Waals surface area contributed by atoms with Gasteiger partial charge in [-0.05, 0) is 88.3 Å². The van der Waals surface area contributed by atoms with E-state index in [-0.39, 0.29) is 12.3 Å². The van der Waals surface area contributed by atoms with Crippen LogP contribution in [-0.4, -0.2) is 109 Å². The maximum atomic E-state index is 14.5. The van der Waals surface area contributed by atoms with Crippen molar-refractivity contribution in [2.75, 3.05) is 64.5 Å². The fraction of sp³-hybridized carbons (Fsp3) is 0.260. The molecule has 1 aromatic heterocycles. The number of methoxy groups -OCH3 is 2. The fourth-order valence-corrected chi connectivity index (χ4v) is 7.43. The van der Waals surface area contributed by atoms with E-state index in [9.17, 15) is 23.9 Å². The van der Waals surface area contributed by atoms with E-state index in [0.717, 1.165) is 32.6 Å². The Morgan fingerprint density at radius 2 is 1.60 bits per heavy atom. The van der Waals surface area contributed by atoms with Gasteiger partial charge >= 0.3 is 6.03 Å². The maximum absolute atomic E-state index is 14.5. The number of carbonyl (C=O) groups excluding carboxylic acids is 3. The molecule has 7 rings (SSSR count). The van der Waals surface area contributed by atoms with E-state index in [1.807, 2.05) is 65.1 Å². The van der Waals surface area contributed by atoms with Crippen LogP contribution in [0.2, 0.25) is 0 Å². The molecule has 68 heavy (non-hydrogen) atoms. The summed E-state index contributed by atoms with van der Waals surface area (Å²) in [7, 11) is 3.25. The number of nitrogens with zero attached hydrogens (tertiary/aromatic N) is 3. The number of aliphatic hydroxyl groups is 2. The largest absolute Gasteiger partial charge is 0.491 e. The Bertz CT molecular complexity index is 2710. The normalized spacial score (nSPS) is 14.4. The standard InChI is InChI=1S/C28H27FIN3O6.C22H23N3O4/c1-16(17-5-3-2-4-6-17)25(26(36)31-23-12-9-19(30)13-22(23)29)33-27(37)24(32-28(33)38)18-7-10-21(11-8-18)39-15-20(35)14-34;1-4-16-6-5-7-17(12-16)25-22-18-13-20(28-10-8-26-2)21(29-11-9-27-3)14-19(18)23-15-24-22/h2-13,16,20,24-25,34-35H,14-15H2,1H3,(H,31,36)(H,32,38);1,5-7,12-15H,8-11H2,2-3H3,(H,23,24,25)/t16-,20+,24+,25-;/m0./s1. The predicted octanol–water partition coefficient (Wildman–Crippen LogP) is 6.97. The first kappa shape index (κ1) is 50.5. The number of rotatable bonds is 20. The van der Waals surface area contributed by atoms with Crippen molar-refractivity contribution in [3.8, 4) is 29.6 Å². The smallest absolute Gasteiger partial charge is 0.325 e. The number of ether oxygens (including phenoxy) is 5. The number of imide groups is 1. The van der Waals surface area contributed by atoms with Crippen LogP contribution in [0.4, 0.5) is 26.4 Å². The van der Waals surface area contributed by atoms with Gasteiger partial charge in [0.25, 0.3) is 5.91 Å². The summed E-state index contributed by atoms with van der Waals surface area (Å²) in [6, 6.07) is 27.8. The van der Waals surface area contributed by atoms with Crippen LogP contribution < -0.4 is 30.2 Å². The van der Waals surface area contributed by atoms with Gasteiger partial charge in [0.1, 0.15) is 61.7 Å². The van der Waals surface area contributed by atoms with Crippen molar-refractivity contribution in [2.24, 2.45) is 0 Å². The van der Waals surface area contributed by atoms with Gasteiger partial charge in [0.15, 0.2) is 11.5 Å². The van der Waals surface area contributed by atoms with Crippen molar-refractivity contribution in [1.82, 2.24) is 20.2 Å². The minimum atomic E-state index is -1.27. The van der Waals surface area contributed by atoms with Crippen molar-refractivity contribution >= 4 is 68.5 Å². The van der Waals surface area contributed by atoms with Crippen LogP contribution in [0.15, 0.2) is 116 Å². The summed E-state index contributed by atoms with van der Waals surface area (Å²) in [4.78, 5) is 50.0. The molecule has 1 fully saturated rings. The van der Waals surface area contributed by atoms with E-state index in [1.165, 1.54) is 18.5 Å². The number of carbonyl (C=O) groups is 3. The van der Waals surface area contributed by atoms with E-state index in [1.54, 1.807) is 75.7 Å². The quantitative estimate of drug-likeness (QED) is 0.0227. The molecule has 18 heteroatoms. The summed E-state index contributed by atoms with van der Waals surface area (Å²) in [6.07, 6.45) is 5.96. The van der Waals surface area contributed by atoms with Crippen LogP contribution >= 0.6 is 22.6 Å². The zero-order chi connectivity index (χ0) is 48.6. The fourth-order valence-electron chi connectivity index (χ4n) is 6.97. The number of hydrogen-bond acceptors (Lipinski definition) is 13. The van der Waals surface area contributed by atoms with Gasteiger partial charge in [0.2, 0.25) is 5.91 Å². The SMILES string of the molecule is C#Cc1cccc(Nc2ncnc3cc(OCCOC)c(OCCOC)cc23)c1.C[C@@H](c1ccccc1)[C@@H](C(=O)Nc1ccc(I)cc1F)N1C(=O)N[C@H](c2ccc(OC[C@H](O)CO)cc2)C1=O. The molecule has 0 radical (unpaired) electrons. The Hall–Kier alpha value is -6.89. The molecule has 0 spiro atoms. The second kappa shape index (κ2) is 24.8. The summed E-state index contributed by atoms with van der Waals surface area (Å²) in [5.74, 6) is 2.26. The highest BCUT2D eigenvalue weighted by Gasteiger charge is 2.47. The van der Waals surface area contributed by atoms with Gasteiger partial charge in [-0.3, -0.25) is 9.59 Å². The highest BCUT2D eigenvalue weighted by Crippen LogP contribution is 2.36. The van der Waals surface area contributed by atoms with Gasteiger partial charge in [0.05, 0.1) is 31.0 Å². The molecule has 5 aromatic carbocycles. The monoisotopic (exact) mass is 1040 g/mol. The summed E-state index contributed by atoms with van der Waals surface area (Å²) in [5.41, 5.74) is 3.46. The second-order valence-electron chi connectivity index (χ2n) is 15.1. The van der Waals surface area contributed by atoms with Crippen LogP contribution in [0, 0.1) is 21.7 Å². The Morgan fingerprint density at radius 3 is 2.26 bits per heavy atom. The number of nitrogens with one attached hydrogen (secondary N) is 3. The molecule has 354 valence electrons. The first-order valence-electron chi connectivity index (χ1n) is 21.3. The number of hydrogen-bond donors (Lipinski definition) is 5. The van der Waals surface area contributed by atoms with Gasteiger partial charge in [-0.2, -0.15) is 0 Å². The number of aliphatic hydroxyl groups excluding tert-OH is 2. The van der Waals surface area contributed by atoms with Crippen LogP contribution in [0.5, 0.6) is 17.2 Å². The Balaban J connectivity index is 0.000000234. The molecule has 1 aliphatic heterocycles. The molecule has 4 atom stereocenters. The molecular weight excluding hydrogens is 990 g/mol. The summed E-state index contributed by atoms with van der Waals surface area (Å²) in [5, 5.41) is 27.7. The van der Waals surface area contributed by atoms with Crippen molar-refractivity contribution in [3.63, 3.8) is 0 Å². The molecule has 2 heterocycles. The van der Waals surface area contributed by atoms with E-state index >= 15 is 0 Å². The molecular formula is C50H50FIN6O10. The van der Waals surface area contributed by atoms with Crippen LogP contribution in [0.25, 0.3) is 10.9 Å². The summed E-state index contributed by atoms with van der Waals surface area (Å²) in [6.45, 7) is 2.90. The van der Waals surface area contributed by atoms with E-state index < -0.39 is 54.4 Å². The van der Waals surface area contributed by atoms with Gasteiger partial charge in [-0.25, -0.2) is 24.1 Å². The number of anilines is 3. The number of urea groups is 1. The minimum Gasteiger partial charge on any atom is -0.491 e. The zero-order valence-electron chi connectivity index (χ0n) is 37.4. The Kier molecular flexibility index (Phi) is 18.4. The lowest BCUT2D eigenvalue weighted by molar-refractivity contribution is -0.134. The number of halogens is 2. The number of amides is 4. The lowest BCUT2D eigenvalue weighted by Crippen LogP contribution is -2.50. The molecule has 0 bridgehead atoms. The zero-order valence-corrected chi connectivity index (χ0v) is 39.5. The van der Waals surface area contributed by atoms with Gasteiger partial charge in [0, 0.05) is 46.4 Å². The first-order valence-corrected chi connectivity index (χ1v) is 22.3. The molecule has 0 aliphatic carbocycles. The average Bonchev–Trinajstić information content (AvgIpc) is 3.64. The highest BCUT2D eigenvalue weighted by atomic mass is 127. The van der Waals surface area contributed by atoms with Crippen LogP contribution in [0.3, 0.4) is 0 Å². The third-order valence-corrected chi connectivity index (χ3v) is 11.1. The maximum Gasteiger partial charge on any atom is 0.325 e. The van der Waals surface area contributed by atoms with Crippen molar-refractivity contribution in [3.05, 3.63) is 142 Å². The molecule has 0 saturated carbocycles. The average molecular weight is 1040 g/mol. The Morgan fingerprint density at radius 1 is 0.897 bits per heavy atom. The molecule has 16 nitrogen and oxygen atoms in total. The second-order valence-corrected chi connectivity index (χ2v) is 16.4. The lowest BCUT2D eigenvalue weighted by Gasteiger charge is -2.30. The third-order valence-electron chi connectivity index (χ3n) is 10.5. The third kappa shape index (κ3) is 13.2. The molecule has 1 aliphatic rings. The van der Waals surface area contributed by atoms with Gasteiger partial charge in [-0.15, -0.1) is 6.42 Å². The van der Waals surface area contributed by atoms with Crippen LogP contribution in [-0.2, 0) is 19.1 Å². The first-order chi connectivity index (χ1) is 32.9. The van der Waals surface area contributed by atoms with Gasteiger partial charge in [-0.1, -0.05) is 61.4 Å². The number of aromatic nitrogens is 2. The number of terminal acetylenes is 1. The van der Waals surface area contributed by atoms with E-state index in [2.05, 4.69) is 31.8 Å². The molecule has 1 saturated heterocycles. The molecule has 0 unspecified atom stereocenters. The van der Waals surface area contributed by atoms with Crippen molar-refractivity contribution in [2.45, 2.75) is 31.0 Å². The minimum absolute atomic E-state index is 0.0591. The summed E-state index contributed by atoms with van der Waals surface area (Å²) < 4.78 is 42.4. The van der Waals surface area contributed by atoms with Gasteiger partial charge < -0.3 is 49.8 Å². The highest BCUT2D eigenvalue weighted by molar-refractivity contribution is 14.1.